The van der Waals surface area contributed by atoms with Crippen molar-refractivity contribution in [2.75, 3.05) is 0 Å². The summed E-state index contributed by atoms with van der Waals surface area (Å²) in [5, 5.41) is 41.2. The van der Waals surface area contributed by atoms with Gasteiger partial charge in [-0.05, 0) is 106 Å². The summed E-state index contributed by atoms with van der Waals surface area (Å²) in [4.78, 5) is 0. The maximum Gasteiger partial charge on any atom is 0.0900 e. The van der Waals surface area contributed by atoms with Crippen LogP contribution < -0.4 is 0 Å². The highest BCUT2D eigenvalue weighted by Crippen LogP contribution is 2.60. The summed E-state index contributed by atoms with van der Waals surface area (Å²) in [5.74, 6) is 1.69. The van der Waals surface area contributed by atoms with Crippen molar-refractivity contribution < 1.29 is 20.4 Å². The lowest BCUT2D eigenvalue weighted by molar-refractivity contribution is -0.127. The fourth-order valence-electron chi connectivity index (χ4n) is 6.70. The molecule has 4 heteroatoms. The van der Waals surface area contributed by atoms with Gasteiger partial charge in [-0.2, -0.15) is 0 Å². The summed E-state index contributed by atoms with van der Waals surface area (Å²) in [6, 6.07) is 0. The van der Waals surface area contributed by atoms with Crippen molar-refractivity contribution in [3.63, 3.8) is 0 Å². The first-order valence-corrected chi connectivity index (χ1v) is 12.7. The van der Waals surface area contributed by atoms with Crippen molar-refractivity contribution in [1.82, 2.24) is 0 Å². The zero-order valence-corrected chi connectivity index (χ0v) is 20.9. The smallest absolute Gasteiger partial charge is 0.0900 e. The lowest BCUT2D eigenvalue weighted by atomic mass is 9.60. The Labute approximate surface area is 195 Å². The van der Waals surface area contributed by atoms with Gasteiger partial charge in [0.2, 0.25) is 0 Å². The van der Waals surface area contributed by atoms with Crippen LogP contribution in [0.5, 0.6) is 0 Å². The molecule has 0 heterocycles. The Morgan fingerprint density at radius 1 is 1.16 bits per heavy atom. The molecule has 0 aromatic heterocycles. The van der Waals surface area contributed by atoms with Crippen LogP contribution in [0.2, 0.25) is 0 Å². The molecule has 32 heavy (non-hydrogen) atoms. The minimum Gasteiger partial charge on any atom is -0.393 e. The van der Waals surface area contributed by atoms with Crippen molar-refractivity contribution >= 4 is 0 Å². The first kappa shape index (κ1) is 25.7. The van der Waals surface area contributed by atoms with Crippen LogP contribution in [-0.2, 0) is 0 Å². The second-order valence-corrected chi connectivity index (χ2v) is 12.0. The number of aliphatic hydroxyl groups excluding tert-OH is 2. The van der Waals surface area contributed by atoms with Gasteiger partial charge in [0, 0.05) is 6.42 Å². The summed E-state index contributed by atoms with van der Waals surface area (Å²) in [7, 11) is 0. The van der Waals surface area contributed by atoms with Gasteiger partial charge in [0.05, 0.1) is 23.4 Å². The van der Waals surface area contributed by atoms with Crippen LogP contribution >= 0.6 is 0 Å². The van der Waals surface area contributed by atoms with Crippen LogP contribution in [0.4, 0.5) is 0 Å². The second kappa shape index (κ2) is 9.37. The molecule has 0 aromatic carbocycles. The maximum absolute atomic E-state index is 10.7. The van der Waals surface area contributed by atoms with Crippen LogP contribution in [0, 0.1) is 23.2 Å². The second-order valence-electron chi connectivity index (χ2n) is 12.0. The van der Waals surface area contributed by atoms with Crippen molar-refractivity contribution in [3.05, 3.63) is 35.5 Å². The van der Waals surface area contributed by atoms with Crippen LogP contribution in [0.25, 0.3) is 0 Å². The van der Waals surface area contributed by atoms with Crippen molar-refractivity contribution in [2.24, 2.45) is 23.2 Å². The molecule has 3 aliphatic rings. The third-order valence-electron chi connectivity index (χ3n) is 9.39. The Bertz CT molecular complexity index is 756. The minimum absolute atomic E-state index is 0.269. The Kier molecular flexibility index (Phi) is 7.52. The molecule has 0 saturated heterocycles. The zero-order chi connectivity index (χ0) is 23.9. The predicted octanol–water partition coefficient (Wildman–Crippen LogP) is 5.07. The van der Waals surface area contributed by atoms with Gasteiger partial charge in [-0.1, -0.05) is 38.2 Å². The molecule has 0 amide bonds. The van der Waals surface area contributed by atoms with Crippen LogP contribution in [0.15, 0.2) is 35.5 Å². The van der Waals surface area contributed by atoms with E-state index in [1.165, 1.54) is 31.3 Å². The van der Waals surface area contributed by atoms with Gasteiger partial charge in [0.15, 0.2) is 0 Å². The number of aliphatic hydroxyl groups is 4. The summed E-state index contributed by atoms with van der Waals surface area (Å²) in [6.07, 6.45) is 11.7. The van der Waals surface area contributed by atoms with E-state index in [1.807, 2.05) is 0 Å². The molecule has 0 aromatic rings. The summed E-state index contributed by atoms with van der Waals surface area (Å²) < 4.78 is 0. The standard InChI is InChI=1S/C28H46O4/c1-18(13-15-28(6,32)26(3,4)31)23-11-12-24-20(8-7-14-27(23,24)5)9-10-21-16-22(29)17-25(30)19(21)2/h9-10,18,22-25,29-32H,2,7-8,11-17H2,1,3-6H3/b20-9-,21-10+/t18?,22-,23-,24?,25+,27?,28-/m1/s1. The van der Waals surface area contributed by atoms with Crippen molar-refractivity contribution in [2.45, 2.75) is 116 Å². The Morgan fingerprint density at radius 2 is 1.84 bits per heavy atom. The molecule has 0 bridgehead atoms. The molecule has 4 nitrogen and oxygen atoms in total. The molecule has 3 saturated carbocycles. The molecule has 3 aliphatic carbocycles. The zero-order valence-electron chi connectivity index (χ0n) is 20.9. The van der Waals surface area contributed by atoms with Gasteiger partial charge in [0.25, 0.3) is 0 Å². The third kappa shape index (κ3) is 5.09. The van der Waals surface area contributed by atoms with Gasteiger partial charge in [0.1, 0.15) is 0 Å². The molecule has 0 spiro atoms. The number of fused-ring (bicyclic) bond motifs is 1. The molecule has 0 aliphatic heterocycles. The molecule has 3 unspecified atom stereocenters. The molecule has 3 rings (SSSR count). The topological polar surface area (TPSA) is 80.9 Å². The Morgan fingerprint density at radius 3 is 2.50 bits per heavy atom. The Hall–Kier alpha value is -0.940. The largest absolute Gasteiger partial charge is 0.393 e. The maximum atomic E-state index is 10.7. The first-order valence-electron chi connectivity index (χ1n) is 12.7. The first-order chi connectivity index (χ1) is 14.8. The molecule has 4 N–H and O–H groups in total. The average molecular weight is 447 g/mol. The minimum atomic E-state index is -1.10. The molecule has 7 atom stereocenters. The van der Waals surface area contributed by atoms with E-state index >= 15 is 0 Å². The lowest BCUT2D eigenvalue weighted by Gasteiger charge is -2.45. The van der Waals surface area contributed by atoms with E-state index in [0.717, 1.165) is 24.0 Å². The fourth-order valence-corrected chi connectivity index (χ4v) is 6.70. The highest BCUT2D eigenvalue weighted by molar-refractivity contribution is 5.38. The van der Waals surface area contributed by atoms with Gasteiger partial charge in [-0.3, -0.25) is 0 Å². The summed E-state index contributed by atoms with van der Waals surface area (Å²) in [5.41, 5.74) is 1.32. The lowest BCUT2D eigenvalue weighted by Crippen LogP contribution is -2.48. The van der Waals surface area contributed by atoms with Crippen LogP contribution in [0.1, 0.15) is 92.4 Å². The van der Waals surface area contributed by atoms with E-state index in [0.29, 0.717) is 37.0 Å². The number of rotatable bonds is 6. The quantitative estimate of drug-likeness (QED) is 0.459. The van der Waals surface area contributed by atoms with Crippen molar-refractivity contribution in [3.8, 4) is 0 Å². The van der Waals surface area contributed by atoms with E-state index in [9.17, 15) is 20.4 Å². The molecule has 0 radical (unpaired) electrons. The van der Waals surface area contributed by atoms with E-state index in [1.54, 1.807) is 20.8 Å². The van der Waals surface area contributed by atoms with E-state index in [4.69, 9.17) is 0 Å². The van der Waals surface area contributed by atoms with Crippen LogP contribution in [0.3, 0.4) is 0 Å². The summed E-state index contributed by atoms with van der Waals surface area (Å²) >= 11 is 0. The van der Waals surface area contributed by atoms with E-state index < -0.39 is 23.4 Å². The molecular formula is C28H46O4. The molecule has 182 valence electrons. The normalized spacial score (nSPS) is 39.2. The average Bonchev–Trinajstić information content (AvgIpc) is 3.04. The highest BCUT2D eigenvalue weighted by Gasteiger charge is 2.51. The van der Waals surface area contributed by atoms with Gasteiger partial charge < -0.3 is 20.4 Å². The third-order valence-corrected chi connectivity index (χ3v) is 9.39. The summed E-state index contributed by atoms with van der Waals surface area (Å²) in [6.45, 7) is 14.0. The van der Waals surface area contributed by atoms with Gasteiger partial charge in [-0.15, -0.1) is 0 Å². The highest BCUT2D eigenvalue weighted by atomic mass is 16.4. The van der Waals surface area contributed by atoms with Crippen molar-refractivity contribution in [1.29, 1.82) is 0 Å². The number of hydrogen-bond donors (Lipinski definition) is 4. The number of hydrogen-bond acceptors (Lipinski definition) is 4. The van der Waals surface area contributed by atoms with Crippen LogP contribution in [-0.4, -0.2) is 43.8 Å². The SMILES string of the molecule is C=C1/C(=C/C=C2/CCCC3(C)C2CC[C@@H]3C(C)CC[C@@](C)(O)C(C)(C)O)C[C@@H](O)C[C@@H]1O. The van der Waals surface area contributed by atoms with Gasteiger partial charge in [-0.25, -0.2) is 0 Å². The van der Waals surface area contributed by atoms with E-state index in [-0.39, 0.29) is 5.41 Å². The van der Waals surface area contributed by atoms with Gasteiger partial charge >= 0.3 is 0 Å². The molecular weight excluding hydrogens is 400 g/mol. The molecule has 3 fully saturated rings. The predicted molar refractivity (Wildman–Crippen MR) is 130 cm³/mol. The Balaban J connectivity index is 1.73. The number of allylic oxidation sites excluding steroid dienone is 3. The monoisotopic (exact) mass is 446 g/mol. The fraction of sp³-hybridized carbons (Fsp3) is 0.786. The van der Waals surface area contributed by atoms with E-state index in [2.05, 4.69) is 32.6 Å².